The average molecular weight is 480 g/mol. The normalized spacial score (nSPS) is 10.9. The highest BCUT2D eigenvalue weighted by molar-refractivity contribution is 7.99. The third-order valence-corrected chi connectivity index (χ3v) is 6.03. The number of anilines is 1. The number of amides is 1. The Morgan fingerprint density at radius 3 is 2.56 bits per heavy atom. The molecule has 176 valence electrons. The van der Waals surface area contributed by atoms with Crippen LogP contribution in [-0.2, 0) is 18.4 Å². The summed E-state index contributed by atoms with van der Waals surface area (Å²) in [6.07, 6.45) is 0.182. The van der Waals surface area contributed by atoms with E-state index < -0.39 is 0 Å². The summed E-state index contributed by atoms with van der Waals surface area (Å²) < 4.78 is 14.4. The van der Waals surface area contributed by atoms with E-state index in [9.17, 15) is 9.59 Å². The number of ether oxygens (including phenoxy) is 1. The van der Waals surface area contributed by atoms with Crippen molar-refractivity contribution in [3.63, 3.8) is 0 Å². The number of para-hydroxylation sites is 1. The fraction of sp³-hybridized carbons (Fsp3) is 0.250. The summed E-state index contributed by atoms with van der Waals surface area (Å²) in [7, 11) is 1.78. The first-order valence-electron chi connectivity index (χ1n) is 10.7. The lowest BCUT2D eigenvalue weighted by molar-refractivity contribution is -0.115. The van der Waals surface area contributed by atoms with E-state index in [-0.39, 0.29) is 30.2 Å². The predicted molar refractivity (Wildman–Crippen MR) is 130 cm³/mol. The van der Waals surface area contributed by atoms with Gasteiger partial charge in [0.2, 0.25) is 5.91 Å². The van der Waals surface area contributed by atoms with Gasteiger partial charge in [-0.05, 0) is 38.1 Å². The zero-order valence-corrected chi connectivity index (χ0v) is 20.0. The Morgan fingerprint density at radius 2 is 1.82 bits per heavy atom. The minimum atomic E-state index is -0.276. The van der Waals surface area contributed by atoms with Gasteiger partial charge in [-0.2, -0.15) is 0 Å². The van der Waals surface area contributed by atoms with Crippen LogP contribution in [0.3, 0.4) is 0 Å². The first-order valence-corrected chi connectivity index (χ1v) is 11.7. The molecule has 0 fully saturated rings. The summed E-state index contributed by atoms with van der Waals surface area (Å²) in [4.78, 5) is 25.4. The molecule has 0 atom stereocenters. The van der Waals surface area contributed by atoms with E-state index in [1.54, 1.807) is 18.7 Å². The third-order valence-electron chi connectivity index (χ3n) is 5.20. The van der Waals surface area contributed by atoms with Gasteiger partial charge in [0.1, 0.15) is 11.4 Å². The minimum absolute atomic E-state index is 0.165. The fourth-order valence-electron chi connectivity index (χ4n) is 3.28. The van der Waals surface area contributed by atoms with Crippen molar-refractivity contribution in [3.05, 3.63) is 82.1 Å². The van der Waals surface area contributed by atoms with Crippen LogP contribution in [0.5, 0.6) is 5.75 Å². The molecule has 10 heteroatoms. The van der Waals surface area contributed by atoms with Gasteiger partial charge < -0.3 is 14.5 Å². The Labute approximate surface area is 200 Å². The molecule has 0 saturated heterocycles. The minimum Gasteiger partial charge on any atom is -0.484 e. The molecule has 0 spiro atoms. The van der Waals surface area contributed by atoms with Gasteiger partial charge in [-0.25, -0.2) is 4.68 Å². The smallest absolute Gasteiger partial charge is 0.295 e. The number of thioether (sulfide) groups is 1. The van der Waals surface area contributed by atoms with Crippen molar-refractivity contribution in [3.8, 4) is 11.4 Å². The highest BCUT2D eigenvalue weighted by Gasteiger charge is 2.18. The second kappa shape index (κ2) is 10.4. The van der Waals surface area contributed by atoms with Crippen LogP contribution < -0.4 is 15.6 Å². The van der Waals surface area contributed by atoms with Gasteiger partial charge >= 0.3 is 0 Å². The molecule has 1 N–H and O–H groups in total. The van der Waals surface area contributed by atoms with Crippen LogP contribution in [-0.4, -0.2) is 31.2 Å². The van der Waals surface area contributed by atoms with Crippen molar-refractivity contribution in [1.82, 2.24) is 19.6 Å². The molecule has 0 aliphatic carbocycles. The number of hydrogen-bond acceptors (Lipinski definition) is 7. The molecule has 2 heterocycles. The van der Waals surface area contributed by atoms with Crippen LogP contribution in [0.4, 0.5) is 5.69 Å². The van der Waals surface area contributed by atoms with E-state index in [2.05, 4.69) is 15.5 Å². The molecule has 0 aliphatic rings. The van der Waals surface area contributed by atoms with Crippen molar-refractivity contribution in [2.75, 3.05) is 11.1 Å². The largest absolute Gasteiger partial charge is 0.484 e. The number of aryl methyl sites for hydroxylation is 1. The predicted octanol–water partition coefficient (Wildman–Crippen LogP) is 3.88. The standard InChI is InChI=1S/C24H25N5O4S/c1-16-9-11-19(12-10-16)32-15-21-26-27-24(33-21)34-14-13-20(30)25-22-17(2)28(3)29(23(22)31)18-7-5-4-6-8-18/h4-12H,13-15H2,1-3H3,(H,25,30). The first kappa shape index (κ1) is 23.4. The maximum Gasteiger partial charge on any atom is 0.295 e. The van der Waals surface area contributed by atoms with Crippen molar-refractivity contribution < 1.29 is 13.9 Å². The molecular formula is C24H25N5O4S. The summed E-state index contributed by atoms with van der Waals surface area (Å²) >= 11 is 1.27. The van der Waals surface area contributed by atoms with Crippen molar-refractivity contribution in [2.45, 2.75) is 32.1 Å². The molecule has 2 aromatic carbocycles. The maximum atomic E-state index is 12.9. The average Bonchev–Trinajstić information content (AvgIpc) is 3.37. The van der Waals surface area contributed by atoms with Crippen molar-refractivity contribution in [1.29, 1.82) is 0 Å². The van der Waals surface area contributed by atoms with Gasteiger partial charge in [-0.1, -0.05) is 47.7 Å². The lowest BCUT2D eigenvalue weighted by Gasteiger charge is -2.07. The number of hydrogen-bond donors (Lipinski definition) is 1. The van der Waals surface area contributed by atoms with Gasteiger partial charge in [-0.15, -0.1) is 10.2 Å². The summed E-state index contributed by atoms with van der Waals surface area (Å²) in [5, 5.41) is 11.1. The Bertz CT molecular complexity index is 1330. The molecule has 0 saturated carbocycles. The van der Waals surface area contributed by atoms with E-state index in [1.165, 1.54) is 16.4 Å². The Morgan fingerprint density at radius 1 is 1.09 bits per heavy atom. The lowest BCUT2D eigenvalue weighted by Crippen LogP contribution is -2.23. The third kappa shape index (κ3) is 5.40. The molecule has 9 nitrogen and oxygen atoms in total. The van der Waals surface area contributed by atoms with Crippen molar-refractivity contribution >= 4 is 23.4 Å². The van der Waals surface area contributed by atoms with Gasteiger partial charge in [0, 0.05) is 19.2 Å². The van der Waals surface area contributed by atoms with E-state index >= 15 is 0 Å². The monoisotopic (exact) mass is 479 g/mol. The van der Waals surface area contributed by atoms with Crippen LogP contribution in [0.1, 0.15) is 23.6 Å². The number of benzene rings is 2. The zero-order chi connectivity index (χ0) is 24.1. The molecule has 34 heavy (non-hydrogen) atoms. The fourth-order valence-corrected chi connectivity index (χ4v) is 4.00. The van der Waals surface area contributed by atoms with Crippen LogP contribution in [0.25, 0.3) is 5.69 Å². The molecule has 4 rings (SSSR count). The van der Waals surface area contributed by atoms with E-state index in [4.69, 9.17) is 9.15 Å². The van der Waals surface area contributed by atoms with Gasteiger partial charge in [-0.3, -0.25) is 14.3 Å². The number of nitrogens with one attached hydrogen (secondary N) is 1. The Hall–Kier alpha value is -3.79. The van der Waals surface area contributed by atoms with Crippen LogP contribution in [0.2, 0.25) is 0 Å². The molecule has 2 aromatic heterocycles. The first-order chi connectivity index (χ1) is 16.4. The second-order valence-electron chi connectivity index (χ2n) is 7.65. The van der Waals surface area contributed by atoms with Crippen LogP contribution in [0.15, 0.2) is 69.0 Å². The number of rotatable bonds is 9. The number of nitrogens with zero attached hydrogens (tertiary/aromatic N) is 4. The summed E-state index contributed by atoms with van der Waals surface area (Å²) in [5.41, 5.74) is 2.55. The molecule has 0 aliphatic heterocycles. The van der Waals surface area contributed by atoms with Gasteiger partial charge in [0.15, 0.2) is 6.61 Å². The number of carbonyl (C=O) groups is 1. The number of aromatic nitrogens is 4. The highest BCUT2D eigenvalue weighted by Crippen LogP contribution is 2.20. The molecule has 0 bridgehead atoms. The van der Waals surface area contributed by atoms with Crippen LogP contribution >= 0.6 is 11.8 Å². The van der Waals surface area contributed by atoms with E-state index in [0.717, 1.165) is 17.0 Å². The SMILES string of the molecule is Cc1ccc(OCc2nnc(SCCC(=O)Nc3c(C)n(C)n(-c4ccccc4)c3=O)o2)cc1. The van der Waals surface area contributed by atoms with Crippen molar-refractivity contribution in [2.24, 2.45) is 7.05 Å². The molecule has 0 unspecified atom stereocenters. The molecule has 1 amide bonds. The summed E-state index contributed by atoms with van der Waals surface area (Å²) in [5.74, 6) is 1.23. The van der Waals surface area contributed by atoms with Gasteiger partial charge in [0.25, 0.3) is 16.7 Å². The Kier molecular flexibility index (Phi) is 7.17. The summed E-state index contributed by atoms with van der Waals surface area (Å²) in [6, 6.07) is 17.0. The molecule has 0 radical (unpaired) electrons. The zero-order valence-electron chi connectivity index (χ0n) is 19.1. The highest BCUT2D eigenvalue weighted by atomic mass is 32.2. The number of carbonyl (C=O) groups excluding carboxylic acids is 1. The maximum absolute atomic E-state index is 12.9. The van der Waals surface area contributed by atoms with Gasteiger partial charge in [0.05, 0.1) is 11.4 Å². The lowest BCUT2D eigenvalue weighted by atomic mass is 10.2. The topological polar surface area (TPSA) is 104 Å². The van der Waals surface area contributed by atoms with E-state index in [0.29, 0.717) is 22.6 Å². The Balaban J connectivity index is 1.29. The summed E-state index contributed by atoms with van der Waals surface area (Å²) in [6.45, 7) is 3.97. The molecule has 4 aromatic rings. The van der Waals surface area contributed by atoms with Crippen LogP contribution in [0, 0.1) is 13.8 Å². The quantitative estimate of drug-likeness (QED) is 0.363. The second-order valence-corrected chi connectivity index (χ2v) is 8.69. The molecular weight excluding hydrogens is 454 g/mol. The van der Waals surface area contributed by atoms with E-state index in [1.807, 2.05) is 61.5 Å².